The number of hydrogen-bond donors (Lipinski definition) is 0. The van der Waals surface area contributed by atoms with Gasteiger partial charge in [-0.05, 0) is 36.6 Å². The fourth-order valence-corrected chi connectivity index (χ4v) is 2.32. The lowest BCUT2D eigenvalue weighted by Gasteiger charge is -2.04. The predicted molar refractivity (Wildman–Crippen MR) is 78.4 cm³/mol. The third-order valence-corrected chi connectivity index (χ3v) is 3.46. The van der Waals surface area contributed by atoms with Gasteiger partial charge in [-0.25, -0.2) is 9.78 Å². The lowest BCUT2D eigenvalue weighted by atomic mass is 10.0. The van der Waals surface area contributed by atoms with E-state index in [1.165, 1.54) is 6.20 Å². The molecule has 2 aromatic heterocycles. The summed E-state index contributed by atoms with van der Waals surface area (Å²) in [6.45, 7) is 2.00. The molecule has 5 heteroatoms. The second-order valence-corrected chi connectivity index (χ2v) is 4.85. The van der Waals surface area contributed by atoms with Crippen LogP contribution in [0.1, 0.15) is 22.3 Å². The maximum absolute atomic E-state index is 12.3. The second kappa shape index (κ2) is 5.36. The van der Waals surface area contributed by atoms with E-state index in [9.17, 15) is 9.59 Å². The van der Waals surface area contributed by atoms with Crippen LogP contribution in [0.2, 0.25) is 0 Å². The number of aromatic nitrogens is 2. The van der Waals surface area contributed by atoms with Crippen molar-refractivity contribution in [3.63, 3.8) is 0 Å². The molecular formula is C16H14N2O3. The average Bonchev–Trinajstić information content (AvgIpc) is 2.82. The Balaban J connectivity index is 1.87. The number of nitrogens with zero attached hydrogens (tertiary/aromatic N) is 2. The van der Waals surface area contributed by atoms with Crippen molar-refractivity contribution in [2.75, 3.05) is 0 Å². The molecule has 3 aromatic rings. The molecule has 0 saturated carbocycles. The lowest BCUT2D eigenvalue weighted by molar-refractivity contribution is 0.0899. The van der Waals surface area contributed by atoms with Crippen molar-refractivity contribution in [1.29, 1.82) is 0 Å². The molecule has 0 aliphatic carbocycles. The van der Waals surface area contributed by atoms with Crippen molar-refractivity contribution in [1.82, 2.24) is 9.55 Å². The van der Waals surface area contributed by atoms with Crippen LogP contribution in [0, 0.1) is 6.92 Å². The molecule has 0 aliphatic rings. The summed E-state index contributed by atoms with van der Waals surface area (Å²) >= 11 is 0. The molecule has 0 saturated heterocycles. The first-order valence-corrected chi connectivity index (χ1v) is 6.71. The number of pyridine rings is 1. The number of benzene rings is 1. The molecule has 2 heterocycles. The Hall–Kier alpha value is -2.69. The number of fused-ring (bicyclic) bond motifs is 1. The maximum atomic E-state index is 12.3. The molecule has 0 spiro atoms. The van der Waals surface area contributed by atoms with Crippen molar-refractivity contribution in [3.8, 4) is 0 Å². The molecule has 1 aromatic carbocycles. The van der Waals surface area contributed by atoms with Crippen molar-refractivity contribution < 1.29 is 9.21 Å². The van der Waals surface area contributed by atoms with Gasteiger partial charge < -0.3 is 4.42 Å². The smallest absolute Gasteiger partial charge is 0.406 e. The Kier molecular flexibility index (Phi) is 3.39. The first-order valence-electron chi connectivity index (χ1n) is 6.71. The summed E-state index contributed by atoms with van der Waals surface area (Å²) < 4.78 is 6.03. The Morgan fingerprint density at radius 1 is 1.24 bits per heavy atom. The third kappa shape index (κ3) is 2.50. The number of rotatable bonds is 3. The zero-order valence-corrected chi connectivity index (χ0v) is 11.6. The molecule has 0 aliphatic heterocycles. The number of oxazole rings is 1. The van der Waals surface area contributed by atoms with Gasteiger partial charge in [0.15, 0.2) is 11.2 Å². The molecule has 0 radical (unpaired) electrons. The minimum atomic E-state index is -0.682. The van der Waals surface area contributed by atoms with E-state index >= 15 is 0 Å². The molecule has 0 amide bonds. The van der Waals surface area contributed by atoms with Crippen LogP contribution in [0.25, 0.3) is 11.2 Å². The van der Waals surface area contributed by atoms with E-state index < -0.39 is 5.76 Å². The van der Waals surface area contributed by atoms with E-state index in [2.05, 4.69) is 4.98 Å². The molecule has 0 atom stereocenters. The van der Waals surface area contributed by atoms with Crippen molar-refractivity contribution >= 4 is 17.1 Å². The topological polar surface area (TPSA) is 65.1 Å². The molecule has 3 rings (SSSR count). The van der Waals surface area contributed by atoms with Crippen LogP contribution in [0.4, 0.5) is 0 Å². The SMILES string of the molecule is Cc1ccccc1CCC(=O)n1c(=O)oc2cccnc21. The van der Waals surface area contributed by atoms with Crippen LogP contribution in [0.5, 0.6) is 0 Å². The van der Waals surface area contributed by atoms with Crippen molar-refractivity contribution in [2.45, 2.75) is 19.8 Å². The number of carbonyl (C=O) groups excluding carboxylic acids is 1. The summed E-state index contributed by atoms with van der Waals surface area (Å²) in [5.74, 6) is -0.987. The van der Waals surface area contributed by atoms with Crippen LogP contribution in [0.15, 0.2) is 51.8 Å². The van der Waals surface area contributed by atoms with E-state index in [0.29, 0.717) is 12.0 Å². The highest BCUT2D eigenvalue weighted by molar-refractivity contribution is 5.87. The van der Waals surface area contributed by atoms with Crippen molar-refractivity contribution in [3.05, 3.63) is 64.3 Å². The van der Waals surface area contributed by atoms with Gasteiger partial charge in [-0.1, -0.05) is 24.3 Å². The Bertz CT molecular complexity index is 861. The van der Waals surface area contributed by atoms with E-state index in [1.54, 1.807) is 12.1 Å². The van der Waals surface area contributed by atoms with Crippen LogP contribution in [0.3, 0.4) is 0 Å². The van der Waals surface area contributed by atoms with Gasteiger partial charge in [-0.15, -0.1) is 0 Å². The van der Waals surface area contributed by atoms with Gasteiger partial charge in [0.2, 0.25) is 5.91 Å². The van der Waals surface area contributed by atoms with Crippen LogP contribution >= 0.6 is 0 Å². The second-order valence-electron chi connectivity index (χ2n) is 4.85. The first-order chi connectivity index (χ1) is 10.2. The number of carbonyl (C=O) groups is 1. The van der Waals surface area contributed by atoms with Gasteiger partial charge in [0.25, 0.3) is 0 Å². The largest absolute Gasteiger partial charge is 0.428 e. The van der Waals surface area contributed by atoms with Gasteiger partial charge in [0.05, 0.1) is 0 Å². The standard InChI is InChI=1S/C16H14N2O3/c1-11-5-2-3-6-12(11)8-9-14(19)18-15-13(21-16(18)20)7-4-10-17-15/h2-7,10H,8-9H2,1H3. The first kappa shape index (κ1) is 13.3. The summed E-state index contributed by atoms with van der Waals surface area (Å²) in [5, 5.41) is 0. The minimum absolute atomic E-state index is 0.232. The summed E-state index contributed by atoms with van der Waals surface area (Å²) in [4.78, 5) is 28.1. The van der Waals surface area contributed by atoms with E-state index in [-0.39, 0.29) is 18.0 Å². The monoisotopic (exact) mass is 282 g/mol. The van der Waals surface area contributed by atoms with Gasteiger partial charge >= 0.3 is 5.76 Å². The van der Waals surface area contributed by atoms with Crippen LogP contribution in [-0.4, -0.2) is 15.5 Å². The zero-order chi connectivity index (χ0) is 14.8. The Labute approximate surface area is 120 Å². The lowest BCUT2D eigenvalue weighted by Crippen LogP contribution is -2.23. The van der Waals surface area contributed by atoms with Gasteiger partial charge in [-0.3, -0.25) is 4.79 Å². The normalized spacial score (nSPS) is 10.9. The molecule has 106 valence electrons. The van der Waals surface area contributed by atoms with Gasteiger partial charge in [0.1, 0.15) is 0 Å². The molecule has 5 nitrogen and oxygen atoms in total. The van der Waals surface area contributed by atoms with E-state index in [4.69, 9.17) is 4.42 Å². The fraction of sp³-hybridized carbons (Fsp3) is 0.188. The quantitative estimate of drug-likeness (QED) is 0.740. The molecular weight excluding hydrogens is 268 g/mol. The average molecular weight is 282 g/mol. The molecule has 0 fully saturated rings. The van der Waals surface area contributed by atoms with E-state index in [0.717, 1.165) is 15.7 Å². The highest BCUT2D eigenvalue weighted by atomic mass is 16.4. The van der Waals surface area contributed by atoms with Gasteiger partial charge in [-0.2, -0.15) is 4.57 Å². The predicted octanol–water partition coefficient (Wildman–Crippen LogP) is 2.57. The highest BCUT2D eigenvalue weighted by Gasteiger charge is 2.16. The molecule has 0 unspecified atom stereocenters. The van der Waals surface area contributed by atoms with Crippen molar-refractivity contribution in [2.24, 2.45) is 0 Å². The molecule has 21 heavy (non-hydrogen) atoms. The maximum Gasteiger partial charge on any atom is 0.428 e. The fourth-order valence-electron chi connectivity index (χ4n) is 2.32. The number of hydrogen-bond acceptors (Lipinski definition) is 4. The summed E-state index contributed by atoms with van der Waals surface area (Å²) in [6, 6.07) is 11.2. The van der Waals surface area contributed by atoms with E-state index in [1.807, 2.05) is 31.2 Å². The highest BCUT2D eigenvalue weighted by Crippen LogP contribution is 2.12. The Morgan fingerprint density at radius 2 is 2.05 bits per heavy atom. The molecule has 0 bridgehead atoms. The minimum Gasteiger partial charge on any atom is -0.406 e. The number of aryl methyl sites for hydroxylation is 2. The molecule has 0 N–H and O–H groups in total. The zero-order valence-electron chi connectivity index (χ0n) is 11.6. The van der Waals surface area contributed by atoms with Crippen LogP contribution < -0.4 is 5.76 Å². The van der Waals surface area contributed by atoms with Crippen LogP contribution in [-0.2, 0) is 6.42 Å². The summed E-state index contributed by atoms with van der Waals surface area (Å²) in [6.07, 6.45) is 2.34. The summed E-state index contributed by atoms with van der Waals surface area (Å²) in [7, 11) is 0. The van der Waals surface area contributed by atoms with Gasteiger partial charge in [0, 0.05) is 12.6 Å². The summed E-state index contributed by atoms with van der Waals surface area (Å²) in [5.41, 5.74) is 2.83. The third-order valence-electron chi connectivity index (χ3n) is 3.46. The Morgan fingerprint density at radius 3 is 2.86 bits per heavy atom.